The van der Waals surface area contributed by atoms with Crippen molar-refractivity contribution in [1.29, 1.82) is 0 Å². The lowest BCUT2D eigenvalue weighted by Gasteiger charge is -2.34. The van der Waals surface area contributed by atoms with Crippen molar-refractivity contribution in [1.82, 2.24) is 15.6 Å². The molecule has 10 heteroatoms. The maximum absolute atomic E-state index is 13.8. The number of esters is 1. The standard InChI is InChI=1S/C16H16F3N3O4/c1-2-25-14(24)15(16(17,18)19,21-10-11-6-3-4-8-20-11)22-13(23)12-7-5-9-26-12/h3-9,21H,2,10H2,1H3,(H,22,23)/t15-/m0/s1. The Morgan fingerprint density at radius 3 is 2.54 bits per heavy atom. The van der Waals surface area contributed by atoms with Gasteiger partial charge in [-0.05, 0) is 31.2 Å². The minimum atomic E-state index is -5.20. The normalized spacial score (nSPS) is 13.7. The van der Waals surface area contributed by atoms with Gasteiger partial charge in [-0.1, -0.05) is 6.07 Å². The van der Waals surface area contributed by atoms with Gasteiger partial charge >= 0.3 is 12.1 Å². The summed E-state index contributed by atoms with van der Waals surface area (Å²) in [6, 6.07) is 7.12. The number of amides is 1. The van der Waals surface area contributed by atoms with Gasteiger partial charge < -0.3 is 14.5 Å². The van der Waals surface area contributed by atoms with Gasteiger partial charge in [-0.3, -0.25) is 15.1 Å². The average Bonchev–Trinajstić information content (AvgIpc) is 3.13. The lowest BCUT2D eigenvalue weighted by molar-refractivity contribution is -0.219. The second kappa shape index (κ2) is 8.00. The number of ether oxygens (including phenoxy) is 1. The number of nitrogens with one attached hydrogen (secondary N) is 2. The van der Waals surface area contributed by atoms with Crippen molar-refractivity contribution in [2.45, 2.75) is 25.3 Å². The monoisotopic (exact) mass is 371 g/mol. The van der Waals surface area contributed by atoms with Crippen LogP contribution in [0.4, 0.5) is 13.2 Å². The van der Waals surface area contributed by atoms with Crippen LogP contribution in [-0.4, -0.2) is 35.3 Å². The van der Waals surface area contributed by atoms with Gasteiger partial charge in [0.25, 0.3) is 11.6 Å². The van der Waals surface area contributed by atoms with Gasteiger partial charge in [-0.15, -0.1) is 0 Å². The molecule has 0 aliphatic heterocycles. The van der Waals surface area contributed by atoms with Gasteiger partial charge in [0.2, 0.25) is 0 Å². The number of aromatic nitrogens is 1. The van der Waals surface area contributed by atoms with Crippen LogP contribution in [0.1, 0.15) is 23.2 Å². The predicted molar refractivity (Wildman–Crippen MR) is 82.7 cm³/mol. The molecule has 2 N–H and O–H groups in total. The van der Waals surface area contributed by atoms with Crippen molar-refractivity contribution in [2.24, 2.45) is 0 Å². The zero-order valence-corrected chi connectivity index (χ0v) is 13.7. The lowest BCUT2D eigenvalue weighted by atomic mass is 10.1. The molecule has 26 heavy (non-hydrogen) atoms. The summed E-state index contributed by atoms with van der Waals surface area (Å²) in [5.74, 6) is -3.31. The van der Waals surface area contributed by atoms with Crippen molar-refractivity contribution < 1.29 is 31.9 Å². The fourth-order valence-corrected chi connectivity index (χ4v) is 2.06. The second-order valence-corrected chi connectivity index (χ2v) is 5.07. The fourth-order valence-electron chi connectivity index (χ4n) is 2.06. The van der Waals surface area contributed by atoms with Crippen LogP contribution >= 0.6 is 0 Å². The van der Waals surface area contributed by atoms with E-state index < -0.39 is 30.3 Å². The highest BCUT2D eigenvalue weighted by Gasteiger charge is 2.63. The first-order valence-corrected chi connectivity index (χ1v) is 7.55. The first-order chi connectivity index (χ1) is 12.3. The summed E-state index contributed by atoms with van der Waals surface area (Å²) in [4.78, 5) is 28.2. The Morgan fingerprint density at radius 2 is 2.00 bits per heavy atom. The minimum absolute atomic E-state index is 0.234. The van der Waals surface area contributed by atoms with Crippen LogP contribution in [0.2, 0.25) is 0 Å². The molecule has 0 aliphatic carbocycles. The molecule has 7 nitrogen and oxygen atoms in total. The van der Waals surface area contributed by atoms with Gasteiger partial charge in [0.15, 0.2) is 5.76 Å². The van der Waals surface area contributed by atoms with Crippen molar-refractivity contribution >= 4 is 11.9 Å². The van der Waals surface area contributed by atoms with Crippen LogP contribution in [0.25, 0.3) is 0 Å². The zero-order valence-electron chi connectivity index (χ0n) is 13.7. The van der Waals surface area contributed by atoms with Crippen LogP contribution in [0.3, 0.4) is 0 Å². The third kappa shape index (κ3) is 4.20. The smallest absolute Gasteiger partial charge is 0.436 e. The Morgan fingerprint density at radius 1 is 1.23 bits per heavy atom. The minimum Gasteiger partial charge on any atom is -0.463 e. The number of halogens is 3. The number of rotatable bonds is 7. The van der Waals surface area contributed by atoms with Crippen molar-refractivity contribution in [3.63, 3.8) is 0 Å². The summed E-state index contributed by atoms with van der Waals surface area (Å²) >= 11 is 0. The SMILES string of the molecule is CCOC(=O)[C@](NCc1ccccn1)(NC(=O)c1ccco1)C(F)(F)F. The number of carbonyl (C=O) groups is 2. The van der Waals surface area contributed by atoms with Crippen molar-refractivity contribution in [2.75, 3.05) is 6.61 Å². The number of furan rings is 1. The summed E-state index contributed by atoms with van der Waals surface area (Å²) < 4.78 is 50.8. The Bertz CT molecular complexity index is 735. The van der Waals surface area contributed by atoms with Gasteiger partial charge in [-0.25, -0.2) is 4.79 Å². The Kier molecular flexibility index (Phi) is 5.98. The van der Waals surface area contributed by atoms with E-state index in [-0.39, 0.29) is 18.1 Å². The molecule has 0 saturated carbocycles. The maximum Gasteiger partial charge on any atom is 0.436 e. The first-order valence-electron chi connectivity index (χ1n) is 7.55. The molecule has 0 radical (unpaired) electrons. The number of alkyl halides is 3. The Labute approximate surface area is 146 Å². The van der Waals surface area contributed by atoms with Crippen LogP contribution < -0.4 is 10.6 Å². The third-order valence-electron chi connectivity index (χ3n) is 3.31. The molecule has 1 amide bonds. The fraction of sp³-hybridized carbons (Fsp3) is 0.312. The molecule has 140 valence electrons. The van der Waals surface area contributed by atoms with E-state index in [0.29, 0.717) is 0 Å². The number of carbonyl (C=O) groups excluding carboxylic acids is 2. The summed E-state index contributed by atoms with van der Waals surface area (Å²) in [6.45, 7) is 0.599. The van der Waals surface area contributed by atoms with E-state index in [1.165, 1.54) is 31.3 Å². The average molecular weight is 371 g/mol. The highest BCUT2D eigenvalue weighted by atomic mass is 19.4. The number of hydrogen-bond acceptors (Lipinski definition) is 6. The topological polar surface area (TPSA) is 93.5 Å². The third-order valence-corrected chi connectivity index (χ3v) is 3.31. The highest BCUT2D eigenvalue weighted by Crippen LogP contribution is 2.30. The van der Waals surface area contributed by atoms with E-state index in [2.05, 4.69) is 9.72 Å². The summed E-state index contributed by atoms with van der Waals surface area (Å²) in [5.41, 5.74) is -3.23. The van der Waals surface area contributed by atoms with Crippen LogP contribution in [-0.2, 0) is 16.1 Å². The summed E-state index contributed by atoms with van der Waals surface area (Å²) in [7, 11) is 0. The van der Waals surface area contributed by atoms with Crippen LogP contribution in [0.15, 0.2) is 47.2 Å². The molecular formula is C16H16F3N3O4. The summed E-state index contributed by atoms with van der Waals surface area (Å²) in [5, 5.41) is 3.69. The number of hydrogen-bond donors (Lipinski definition) is 2. The van der Waals surface area contributed by atoms with Crippen LogP contribution in [0.5, 0.6) is 0 Å². The van der Waals surface area contributed by atoms with E-state index in [0.717, 1.165) is 6.26 Å². The zero-order chi connectivity index (χ0) is 19.2. The van der Waals surface area contributed by atoms with E-state index in [4.69, 9.17) is 4.42 Å². The van der Waals surface area contributed by atoms with E-state index in [1.807, 2.05) is 5.32 Å². The molecule has 0 aromatic carbocycles. The predicted octanol–water partition coefficient (Wildman–Crippen LogP) is 2.02. The summed E-state index contributed by atoms with van der Waals surface area (Å²) in [6.07, 6.45) is -2.69. The molecule has 2 aromatic heterocycles. The van der Waals surface area contributed by atoms with Crippen molar-refractivity contribution in [3.05, 3.63) is 54.2 Å². The largest absolute Gasteiger partial charge is 0.463 e. The highest BCUT2D eigenvalue weighted by molar-refractivity contribution is 5.96. The van der Waals surface area contributed by atoms with E-state index in [9.17, 15) is 22.8 Å². The lowest BCUT2D eigenvalue weighted by Crippen LogP contribution is -2.72. The molecule has 0 saturated heterocycles. The van der Waals surface area contributed by atoms with Gasteiger partial charge in [0.1, 0.15) is 0 Å². The quantitative estimate of drug-likeness (QED) is 0.571. The Hall–Kier alpha value is -2.88. The molecule has 0 unspecified atom stereocenters. The molecule has 1 atom stereocenters. The molecule has 0 aliphatic rings. The maximum atomic E-state index is 13.8. The molecule has 0 bridgehead atoms. The molecule has 0 fully saturated rings. The number of nitrogens with zero attached hydrogens (tertiary/aromatic N) is 1. The molecular weight excluding hydrogens is 355 g/mol. The van der Waals surface area contributed by atoms with Gasteiger partial charge in [0.05, 0.1) is 18.6 Å². The van der Waals surface area contributed by atoms with Gasteiger partial charge in [0, 0.05) is 12.7 Å². The van der Waals surface area contributed by atoms with Gasteiger partial charge in [-0.2, -0.15) is 13.2 Å². The van der Waals surface area contributed by atoms with E-state index in [1.54, 1.807) is 17.4 Å². The molecule has 2 heterocycles. The van der Waals surface area contributed by atoms with Crippen LogP contribution in [0, 0.1) is 0 Å². The van der Waals surface area contributed by atoms with Crippen molar-refractivity contribution in [3.8, 4) is 0 Å². The Balaban J connectivity index is 2.36. The number of pyridine rings is 1. The van der Waals surface area contributed by atoms with E-state index >= 15 is 0 Å². The first kappa shape index (κ1) is 19.4. The molecule has 2 rings (SSSR count). The molecule has 0 spiro atoms. The molecule has 2 aromatic rings. The second-order valence-electron chi connectivity index (χ2n) is 5.07.